The number of nitrogens with zero attached hydrogens (tertiary/aromatic N) is 2. The topological polar surface area (TPSA) is 49.9 Å². The van der Waals surface area contributed by atoms with Gasteiger partial charge in [0.15, 0.2) is 6.61 Å². The van der Waals surface area contributed by atoms with Gasteiger partial charge in [0.05, 0.1) is 6.54 Å². The van der Waals surface area contributed by atoms with Crippen molar-refractivity contribution in [3.05, 3.63) is 28.7 Å². The van der Waals surface area contributed by atoms with Crippen LogP contribution in [0.4, 0.5) is 0 Å². The minimum atomic E-state index is -0.224. The van der Waals surface area contributed by atoms with E-state index < -0.39 is 0 Å². The maximum absolute atomic E-state index is 11.9. The molecule has 0 saturated heterocycles. The molecule has 1 rings (SSSR count). The predicted octanol–water partition coefficient (Wildman–Crippen LogP) is 2.15. The first-order valence-electron chi connectivity index (χ1n) is 6.88. The highest BCUT2D eigenvalue weighted by Gasteiger charge is 2.16. The maximum Gasteiger partial charge on any atom is 0.260 e. The Labute approximate surface area is 134 Å². The molecule has 0 saturated carbocycles. The lowest BCUT2D eigenvalue weighted by molar-refractivity contribution is -0.140. The molecule has 0 N–H and O–H groups in total. The predicted molar refractivity (Wildman–Crippen MR) is 85.2 cm³/mol. The van der Waals surface area contributed by atoms with Gasteiger partial charge < -0.3 is 14.5 Å². The lowest BCUT2D eigenvalue weighted by atomic mass is 10.3. The summed E-state index contributed by atoms with van der Waals surface area (Å²) in [6.45, 7) is 5.12. The largest absolute Gasteiger partial charge is 0.484 e. The highest BCUT2D eigenvalue weighted by atomic mass is 79.9. The Morgan fingerprint density at radius 1 is 1.10 bits per heavy atom. The fourth-order valence-electron chi connectivity index (χ4n) is 1.75. The third-order valence-electron chi connectivity index (χ3n) is 3.09. The van der Waals surface area contributed by atoms with Crippen LogP contribution in [0, 0.1) is 0 Å². The third-order valence-corrected chi connectivity index (χ3v) is 3.62. The van der Waals surface area contributed by atoms with Crippen LogP contribution >= 0.6 is 15.9 Å². The number of likely N-dealkylation sites (N-methyl/N-ethyl adjacent to an activating group) is 2. The van der Waals surface area contributed by atoms with Crippen molar-refractivity contribution < 1.29 is 14.3 Å². The molecule has 21 heavy (non-hydrogen) atoms. The number of hydrogen-bond donors (Lipinski definition) is 0. The van der Waals surface area contributed by atoms with Crippen LogP contribution in [0.1, 0.15) is 13.8 Å². The second kappa shape index (κ2) is 8.67. The molecule has 0 aliphatic heterocycles. The van der Waals surface area contributed by atoms with E-state index in [0.717, 1.165) is 4.47 Å². The Morgan fingerprint density at radius 3 is 2.19 bits per heavy atom. The second-order valence-corrected chi connectivity index (χ2v) is 5.47. The number of benzene rings is 1. The first-order chi connectivity index (χ1) is 9.97. The zero-order chi connectivity index (χ0) is 15.8. The molecule has 0 atom stereocenters. The van der Waals surface area contributed by atoms with Crippen LogP contribution in [-0.2, 0) is 9.59 Å². The molecular weight excluding hydrogens is 336 g/mol. The van der Waals surface area contributed by atoms with Gasteiger partial charge in [0.2, 0.25) is 5.91 Å². The van der Waals surface area contributed by atoms with E-state index in [4.69, 9.17) is 4.74 Å². The fourth-order valence-corrected chi connectivity index (χ4v) is 2.02. The van der Waals surface area contributed by atoms with Gasteiger partial charge >= 0.3 is 0 Å². The molecule has 0 bridgehead atoms. The SMILES string of the molecule is CCN(CC)C(=O)CN(C)C(=O)COc1ccc(Br)cc1. The first-order valence-corrected chi connectivity index (χ1v) is 7.67. The molecule has 5 nitrogen and oxygen atoms in total. The molecule has 0 fully saturated rings. The van der Waals surface area contributed by atoms with E-state index in [1.54, 1.807) is 24.1 Å². The van der Waals surface area contributed by atoms with Gasteiger partial charge in [-0.05, 0) is 38.1 Å². The third kappa shape index (κ3) is 5.75. The number of amides is 2. The van der Waals surface area contributed by atoms with Gasteiger partial charge in [-0.25, -0.2) is 0 Å². The van der Waals surface area contributed by atoms with E-state index in [1.165, 1.54) is 4.90 Å². The maximum atomic E-state index is 11.9. The summed E-state index contributed by atoms with van der Waals surface area (Å²) in [7, 11) is 1.61. The van der Waals surface area contributed by atoms with Crippen molar-refractivity contribution >= 4 is 27.7 Å². The number of carbonyl (C=O) groups is 2. The summed E-state index contributed by atoms with van der Waals surface area (Å²) in [5.74, 6) is 0.341. The monoisotopic (exact) mass is 356 g/mol. The number of hydrogen-bond acceptors (Lipinski definition) is 3. The molecule has 0 unspecified atom stereocenters. The van der Waals surface area contributed by atoms with Gasteiger partial charge in [0.25, 0.3) is 5.91 Å². The van der Waals surface area contributed by atoms with Crippen LogP contribution < -0.4 is 4.74 Å². The van der Waals surface area contributed by atoms with E-state index >= 15 is 0 Å². The minimum Gasteiger partial charge on any atom is -0.484 e. The minimum absolute atomic E-state index is 0.0560. The molecule has 116 valence electrons. The van der Waals surface area contributed by atoms with E-state index in [-0.39, 0.29) is 25.0 Å². The average Bonchev–Trinajstić information content (AvgIpc) is 2.47. The molecule has 0 aromatic heterocycles. The van der Waals surface area contributed by atoms with Crippen LogP contribution in [0.5, 0.6) is 5.75 Å². The van der Waals surface area contributed by atoms with Crippen molar-refractivity contribution in [1.29, 1.82) is 0 Å². The van der Waals surface area contributed by atoms with Gasteiger partial charge in [-0.3, -0.25) is 9.59 Å². The second-order valence-electron chi connectivity index (χ2n) is 4.56. The summed E-state index contributed by atoms with van der Waals surface area (Å²) in [5, 5.41) is 0. The Kier molecular flexibility index (Phi) is 7.22. The molecule has 0 heterocycles. The van der Waals surface area contributed by atoms with Crippen molar-refractivity contribution in [2.45, 2.75) is 13.8 Å². The normalized spacial score (nSPS) is 10.1. The first kappa shape index (κ1) is 17.5. The van der Waals surface area contributed by atoms with Crippen LogP contribution in [0.25, 0.3) is 0 Å². The van der Waals surface area contributed by atoms with Gasteiger partial charge in [0.1, 0.15) is 5.75 Å². The lowest BCUT2D eigenvalue weighted by Gasteiger charge is -2.23. The summed E-state index contributed by atoms with van der Waals surface area (Å²) < 4.78 is 6.35. The quantitative estimate of drug-likeness (QED) is 0.752. The van der Waals surface area contributed by atoms with Gasteiger partial charge in [0, 0.05) is 24.6 Å². The highest BCUT2D eigenvalue weighted by molar-refractivity contribution is 9.10. The van der Waals surface area contributed by atoms with Crippen LogP contribution in [0.15, 0.2) is 28.7 Å². The van der Waals surface area contributed by atoms with Crippen molar-refractivity contribution in [3.63, 3.8) is 0 Å². The number of carbonyl (C=O) groups excluding carboxylic acids is 2. The summed E-state index contributed by atoms with van der Waals surface area (Å²) in [6, 6.07) is 7.23. The Hall–Kier alpha value is -1.56. The smallest absolute Gasteiger partial charge is 0.260 e. The summed E-state index contributed by atoms with van der Waals surface area (Å²) >= 11 is 3.33. The zero-order valence-corrected chi connectivity index (χ0v) is 14.2. The molecule has 0 spiro atoms. The summed E-state index contributed by atoms with van der Waals surface area (Å²) in [6.07, 6.45) is 0. The van der Waals surface area contributed by atoms with Crippen molar-refractivity contribution in [2.24, 2.45) is 0 Å². The van der Waals surface area contributed by atoms with Crippen LogP contribution in [0.3, 0.4) is 0 Å². The standard InChI is InChI=1S/C15H21BrN2O3/c1-4-18(5-2)14(19)10-17(3)15(20)11-21-13-8-6-12(16)7-9-13/h6-9H,4-5,10-11H2,1-3H3. The zero-order valence-electron chi connectivity index (χ0n) is 12.6. The molecule has 1 aromatic rings. The van der Waals surface area contributed by atoms with Gasteiger partial charge in [-0.15, -0.1) is 0 Å². The molecule has 1 aromatic carbocycles. The van der Waals surface area contributed by atoms with Crippen LogP contribution in [0.2, 0.25) is 0 Å². The Bertz CT molecular complexity index is 472. The molecule has 0 radical (unpaired) electrons. The van der Waals surface area contributed by atoms with E-state index in [9.17, 15) is 9.59 Å². The number of rotatable bonds is 7. The van der Waals surface area contributed by atoms with Crippen molar-refractivity contribution in [1.82, 2.24) is 9.80 Å². The number of halogens is 1. The average molecular weight is 357 g/mol. The van der Waals surface area contributed by atoms with Crippen molar-refractivity contribution in [3.8, 4) is 5.75 Å². The van der Waals surface area contributed by atoms with E-state index in [1.807, 2.05) is 26.0 Å². The van der Waals surface area contributed by atoms with Gasteiger partial charge in [-0.1, -0.05) is 15.9 Å². The fraction of sp³-hybridized carbons (Fsp3) is 0.467. The molecule has 0 aliphatic carbocycles. The van der Waals surface area contributed by atoms with Crippen LogP contribution in [-0.4, -0.2) is 54.9 Å². The van der Waals surface area contributed by atoms with Crippen molar-refractivity contribution in [2.75, 3.05) is 33.3 Å². The summed E-state index contributed by atoms with van der Waals surface area (Å²) in [5.41, 5.74) is 0. The molecular formula is C15H21BrN2O3. The molecule has 2 amide bonds. The summed E-state index contributed by atoms with van der Waals surface area (Å²) in [4.78, 5) is 26.9. The molecule has 6 heteroatoms. The highest BCUT2D eigenvalue weighted by Crippen LogP contribution is 2.15. The lowest BCUT2D eigenvalue weighted by Crippen LogP contribution is -2.42. The van der Waals surface area contributed by atoms with E-state index in [2.05, 4.69) is 15.9 Å². The van der Waals surface area contributed by atoms with Gasteiger partial charge in [-0.2, -0.15) is 0 Å². The molecule has 0 aliphatic rings. The Balaban J connectivity index is 2.44. The van der Waals surface area contributed by atoms with E-state index in [0.29, 0.717) is 18.8 Å². The Morgan fingerprint density at radius 2 is 1.67 bits per heavy atom. The number of ether oxygens (including phenoxy) is 1.